The summed E-state index contributed by atoms with van der Waals surface area (Å²) in [6, 6.07) is 7.64. The first-order valence-corrected chi connectivity index (χ1v) is 12.3. The standard InChI is InChI=1S/C25H41N3O3.2ClH/c1-3-4-5-10-19-30-24-14-9-7-12-22(24)26-25(29)31-23-13-8-6-11-21(23)20-28-17-15-27(2)16-18-28;;/h7,9,12,14,21,23H,3-6,8,10-11,13,15-20H2,1-2H3,(H,26,29);2*1H/t21-,23+;;/m0../s1. The molecule has 1 aromatic carbocycles. The van der Waals surface area contributed by atoms with Crippen molar-refractivity contribution in [2.45, 2.75) is 64.4 Å². The summed E-state index contributed by atoms with van der Waals surface area (Å²) in [7, 11) is 2.18. The first-order chi connectivity index (χ1) is 15.2. The van der Waals surface area contributed by atoms with Crippen LogP contribution in [0.25, 0.3) is 0 Å². The maximum Gasteiger partial charge on any atom is 0.412 e. The van der Waals surface area contributed by atoms with E-state index in [1.54, 1.807) is 0 Å². The predicted molar refractivity (Wildman–Crippen MR) is 140 cm³/mol. The molecule has 1 heterocycles. The van der Waals surface area contributed by atoms with Gasteiger partial charge in [0.05, 0.1) is 12.3 Å². The lowest BCUT2D eigenvalue weighted by Gasteiger charge is -2.38. The van der Waals surface area contributed by atoms with E-state index >= 15 is 0 Å². The van der Waals surface area contributed by atoms with E-state index < -0.39 is 0 Å². The Labute approximate surface area is 212 Å². The fraction of sp³-hybridized carbons (Fsp3) is 0.720. The largest absolute Gasteiger partial charge is 0.491 e. The van der Waals surface area contributed by atoms with Gasteiger partial charge in [0.2, 0.25) is 0 Å². The van der Waals surface area contributed by atoms with Gasteiger partial charge >= 0.3 is 6.09 Å². The van der Waals surface area contributed by atoms with Gasteiger partial charge in [-0.15, -0.1) is 24.8 Å². The number of ether oxygens (including phenoxy) is 2. The van der Waals surface area contributed by atoms with Crippen LogP contribution >= 0.6 is 24.8 Å². The molecule has 2 fully saturated rings. The highest BCUT2D eigenvalue weighted by molar-refractivity contribution is 5.86. The van der Waals surface area contributed by atoms with Gasteiger partial charge in [-0.1, -0.05) is 44.7 Å². The monoisotopic (exact) mass is 503 g/mol. The molecular weight excluding hydrogens is 461 g/mol. The molecular formula is C25H43Cl2N3O3. The summed E-state index contributed by atoms with van der Waals surface area (Å²) in [4.78, 5) is 17.6. The van der Waals surface area contributed by atoms with Crippen LogP contribution in [-0.4, -0.2) is 68.4 Å². The molecule has 1 N–H and O–H groups in total. The molecule has 0 spiro atoms. The van der Waals surface area contributed by atoms with E-state index in [1.165, 1.54) is 25.7 Å². The molecule has 0 bridgehead atoms. The topological polar surface area (TPSA) is 54.0 Å². The van der Waals surface area contributed by atoms with Crippen LogP contribution in [0.5, 0.6) is 5.75 Å². The van der Waals surface area contributed by atoms with Crippen molar-refractivity contribution in [1.29, 1.82) is 0 Å². The van der Waals surface area contributed by atoms with Crippen LogP contribution in [0.15, 0.2) is 24.3 Å². The molecule has 8 heteroatoms. The maximum atomic E-state index is 12.7. The lowest BCUT2D eigenvalue weighted by molar-refractivity contribution is 0.0222. The number of likely N-dealkylation sites (N-methyl/N-ethyl adjacent to an activating group) is 1. The minimum atomic E-state index is -0.364. The Bertz CT molecular complexity index is 672. The molecule has 190 valence electrons. The number of nitrogens with one attached hydrogen (secondary N) is 1. The lowest BCUT2D eigenvalue weighted by Crippen LogP contribution is -2.48. The number of halogens is 2. The summed E-state index contributed by atoms with van der Waals surface area (Å²) >= 11 is 0. The number of hydrogen-bond acceptors (Lipinski definition) is 5. The smallest absolute Gasteiger partial charge is 0.412 e. The first-order valence-electron chi connectivity index (χ1n) is 12.3. The van der Waals surface area contributed by atoms with Crippen molar-refractivity contribution in [3.05, 3.63) is 24.3 Å². The van der Waals surface area contributed by atoms with Crippen LogP contribution in [0.3, 0.4) is 0 Å². The molecule has 0 aromatic heterocycles. The Morgan fingerprint density at radius 3 is 2.52 bits per heavy atom. The predicted octanol–water partition coefficient (Wildman–Crippen LogP) is 5.84. The van der Waals surface area contributed by atoms with Crippen LogP contribution in [-0.2, 0) is 4.74 Å². The Hall–Kier alpha value is -1.21. The number of carbonyl (C=O) groups excluding carboxylic acids is 1. The normalized spacial score (nSPS) is 21.4. The van der Waals surface area contributed by atoms with Crippen LogP contribution in [0.1, 0.15) is 58.3 Å². The van der Waals surface area contributed by atoms with E-state index in [2.05, 4.69) is 29.1 Å². The third-order valence-electron chi connectivity index (χ3n) is 6.57. The van der Waals surface area contributed by atoms with Crippen molar-refractivity contribution in [3.8, 4) is 5.75 Å². The third kappa shape index (κ3) is 10.3. The zero-order valence-electron chi connectivity index (χ0n) is 20.3. The maximum absolute atomic E-state index is 12.7. The van der Waals surface area contributed by atoms with Gasteiger partial charge in [0.1, 0.15) is 11.9 Å². The Morgan fingerprint density at radius 2 is 1.76 bits per heavy atom. The zero-order valence-corrected chi connectivity index (χ0v) is 21.9. The average molecular weight is 505 g/mol. The van der Waals surface area contributed by atoms with Gasteiger partial charge in [-0.3, -0.25) is 5.32 Å². The Morgan fingerprint density at radius 1 is 1.03 bits per heavy atom. The molecule has 1 saturated carbocycles. The van der Waals surface area contributed by atoms with E-state index in [4.69, 9.17) is 9.47 Å². The van der Waals surface area contributed by atoms with Crippen LogP contribution in [0.2, 0.25) is 0 Å². The summed E-state index contributed by atoms with van der Waals surface area (Å²) < 4.78 is 11.9. The summed E-state index contributed by atoms with van der Waals surface area (Å²) in [5.41, 5.74) is 0.689. The number of anilines is 1. The number of nitrogens with zero attached hydrogens (tertiary/aromatic N) is 2. The van der Waals surface area contributed by atoms with Gasteiger partial charge in [-0.05, 0) is 44.9 Å². The molecule has 1 aromatic rings. The van der Waals surface area contributed by atoms with Gasteiger partial charge in [0, 0.05) is 38.6 Å². The molecule has 6 nitrogen and oxygen atoms in total. The quantitative estimate of drug-likeness (QED) is 0.406. The number of carbonyl (C=O) groups is 1. The third-order valence-corrected chi connectivity index (χ3v) is 6.57. The number of rotatable bonds is 10. The highest BCUT2D eigenvalue weighted by Crippen LogP contribution is 2.29. The fourth-order valence-corrected chi connectivity index (χ4v) is 4.58. The lowest BCUT2D eigenvalue weighted by atomic mass is 9.86. The van der Waals surface area contributed by atoms with Gasteiger partial charge in [-0.25, -0.2) is 4.79 Å². The van der Waals surface area contributed by atoms with E-state index in [9.17, 15) is 4.79 Å². The van der Waals surface area contributed by atoms with Crippen molar-refractivity contribution in [2.75, 3.05) is 51.7 Å². The number of para-hydroxylation sites is 2. The number of amides is 1. The van der Waals surface area contributed by atoms with E-state index in [1.807, 2.05) is 24.3 Å². The Balaban J connectivity index is 0.00000272. The van der Waals surface area contributed by atoms with Crippen LogP contribution < -0.4 is 10.1 Å². The first kappa shape index (κ1) is 29.8. The van der Waals surface area contributed by atoms with Crippen molar-refractivity contribution >= 4 is 36.6 Å². The van der Waals surface area contributed by atoms with Crippen molar-refractivity contribution < 1.29 is 14.3 Å². The highest BCUT2D eigenvalue weighted by atomic mass is 35.5. The van der Waals surface area contributed by atoms with Gasteiger partial charge < -0.3 is 19.3 Å². The summed E-state index contributed by atoms with van der Waals surface area (Å²) in [5, 5.41) is 2.93. The van der Waals surface area contributed by atoms with E-state index in [0.717, 1.165) is 58.4 Å². The Kier molecular flexibility index (Phi) is 14.8. The highest BCUT2D eigenvalue weighted by Gasteiger charge is 2.30. The second-order valence-electron chi connectivity index (χ2n) is 9.12. The number of unbranched alkanes of at least 4 members (excludes halogenated alkanes) is 3. The second kappa shape index (κ2) is 16.4. The molecule has 2 atom stereocenters. The number of benzene rings is 1. The van der Waals surface area contributed by atoms with Gasteiger partial charge in [0.15, 0.2) is 0 Å². The minimum Gasteiger partial charge on any atom is -0.491 e. The van der Waals surface area contributed by atoms with Crippen molar-refractivity contribution in [3.63, 3.8) is 0 Å². The average Bonchev–Trinajstić information content (AvgIpc) is 2.77. The molecule has 1 saturated heterocycles. The zero-order chi connectivity index (χ0) is 21.9. The van der Waals surface area contributed by atoms with E-state index in [0.29, 0.717) is 24.0 Å². The second-order valence-corrected chi connectivity index (χ2v) is 9.12. The van der Waals surface area contributed by atoms with Gasteiger partial charge in [-0.2, -0.15) is 0 Å². The van der Waals surface area contributed by atoms with Crippen molar-refractivity contribution in [2.24, 2.45) is 5.92 Å². The molecule has 3 rings (SSSR count). The summed E-state index contributed by atoms with van der Waals surface area (Å²) in [5.74, 6) is 1.14. The van der Waals surface area contributed by atoms with Crippen LogP contribution in [0, 0.1) is 5.92 Å². The molecule has 2 aliphatic rings. The summed E-state index contributed by atoms with van der Waals surface area (Å²) in [6.07, 6.45) is 8.74. The number of piperazine rings is 1. The minimum absolute atomic E-state index is 0. The molecule has 1 aliphatic carbocycles. The fourth-order valence-electron chi connectivity index (χ4n) is 4.58. The molecule has 0 unspecified atom stereocenters. The van der Waals surface area contributed by atoms with Crippen LogP contribution in [0.4, 0.5) is 10.5 Å². The summed E-state index contributed by atoms with van der Waals surface area (Å²) in [6.45, 7) is 8.35. The molecule has 1 amide bonds. The number of hydrogen-bond donors (Lipinski definition) is 1. The van der Waals surface area contributed by atoms with E-state index in [-0.39, 0.29) is 37.0 Å². The van der Waals surface area contributed by atoms with Gasteiger partial charge in [0.25, 0.3) is 0 Å². The SMILES string of the molecule is CCCCCCOc1ccccc1NC(=O)O[C@@H]1CCCC[C@H]1CN1CCN(C)CC1.Cl.Cl. The molecule has 1 aliphatic heterocycles. The van der Waals surface area contributed by atoms with Crippen molar-refractivity contribution in [1.82, 2.24) is 9.80 Å². The molecule has 0 radical (unpaired) electrons. The molecule has 33 heavy (non-hydrogen) atoms.